The lowest BCUT2D eigenvalue weighted by Crippen LogP contribution is -2.28. The molecule has 2 rings (SSSR count). The molecule has 0 aliphatic carbocycles. The molecule has 1 aromatic carbocycles. The van der Waals surface area contributed by atoms with Gasteiger partial charge >= 0.3 is 0 Å². The Bertz CT molecular complexity index is 522. The van der Waals surface area contributed by atoms with Gasteiger partial charge in [0.05, 0.1) is 6.04 Å². The summed E-state index contributed by atoms with van der Waals surface area (Å²) in [6.45, 7) is 4.19. The Balaban J connectivity index is 2.45. The van der Waals surface area contributed by atoms with Gasteiger partial charge in [-0.3, -0.25) is 5.84 Å². The van der Waals surface area contributed by atoms with E-state index < -0.39 is 0 Å². The molecule has 0 saturated carbocycles. The Morgan fingerprint density at radius 2 is 2.12 bits per heavy atom. The molecule has 3 N–H and O–H groups in total. The maximum absolute atomic E-state index is 5.70. The highest BCUT2D eigenvalue weighted by molar-refractivity contribution is 9.10. The number of nitrogens with two attached hydrogens (primary N) is 1. The lowest BCUT2D eigenvalue weighted by Gasteiger charge is -2.17. The lowest BCUT2D eigenvalue weighted by molar-refractivity contribution is 0.636. The van der Waals surface area contributed by atoms with E-state index in [2.05, 4.69) is 64.8 Å². The molecule has 17 heavy (non-hydrogen) atoms. The molecule has 0 saturated heterocycles. The van der Waals surface area contributed by atoms with Crippen LogP contribution in [-0.4, -0.2) is 0 Å². The first kappa shape index (κ1) is 12.8. The van der Waals surface area contributed by atoms with Gasteiger partial charge in [0.2, 0.25) is 0 Å². The van der Waals surface area contributed by atoms with Crippen LogP contribution in [-0.2, 0) is 0 Å². The predicted molar refractivity (Wildman–Crippen MR) is 77.1 cm³/mol. The van der Waals surface area contributed by atoms with Crippen LogP contribution >= 0.6 is 27.3 Å². The van der Waals surface area contributed by atoms with E-state index >= 15 is 0 Å². The van der Waals surface area contributed by atoms with Gasteiger partial charge in [-0.05, 0) is 42.0 Å². The minimum Gasteiger partial charge on any atom is -0.271 e. The summed E-state index contributed by atoms with van der Waals surface area (Å²) in [5.41, 5.74) is 6.49. The Hall–Kier alpha value is -0.680. The molecule has 0 spiro atoms. The number of hydrogen-bond acceptors (Lipinski definition) is 3. The average molecular weight is 311 g/mol. The number of hydrazine groups is 1. The standard InChI is InChI=1S/C13H15BrN2S/c1-8-4-3-5-11(12(8)14)13(16-15)10-6-9(2)17-7-10/h3-7,13,16H,15H2,1-2H3. The highest BCUT2D eigenvalue weighted by Crippen LogP contribution is 2.32. The summed E-state index contributed by atoms with van der Waals surface area (Å²) in [6.07, 6.45) is 0. The Labute approximate surface area is 114 Å². The van der Waals surface area contributed by atoms with Crippen LogP contribution in [0.3, 0.4) is 0 Å². The third-order valence-electron chi connectivity index (χ3n) is 2.78. The average Bonchev–Trinajstić information content (AvgIpc) is 2.72. The van der Waals surface area contributed by atoms with Crippen molar-refractivity contribution < 1.29 is 0 Å². The van der Waals surface area contributed by atoms with Crippen LogP contribution in [0, 0.1) is 13.8 Å². The van der Waals surface area contributed by atoms with Crippen LogP contribution in [0.2, 0.25) is 0 Å². The molecule has 0 radical (unpaired) electrons. The minimum absolute atomic E-state index is 0.0363. The predicted octanol–water partition coefficient (Wildman–Crippen LogP) is 3.68. The van der Waals surface area contributed by atoms with Crippen molar-refractivity contribution in [2.45, 2.75) is 19.9 Å². The number of halogens is 1. The summed E-state index contributed by atoms with van der Waals surface area (Å²) in [5, 5.41) is 2.15. The highest BCUT2D eigenvalue weighted by Gasteiger charge is 2.17. The summed E-state index contributed by atoms with van der Waals surface area (Å²) < 4.78 is 1.12. The molecule has 2 aromatic rings. The fraction of sp³-hybridized carbons (Fsp3) is 0.231. The van der Waals surface area contributed by atoms with Gasteiger partial charge < -0.3 is 0 Å². The smallest absolute Gasteiger partial charge is 0.0729 e. The van der Waals surface area contributed by atoms with Gasteiger partial charge in [-0.1, -0.05) is 34.1 Å². The number of benzene rings is 1. The van der Waals surface area contributed by atoms with Crippen molar-refractivity contribution in [3.05, 3.63) is 55.7 Å². The van der Waals surface area contributed by atoms with Crippen LogP contribution in [0.25, 0.3) is 0 Å². The minimum atomic E-state index is 0.0363. The number of hydrogen-bond donors (Lipinski definition) is 2. The molecular formula is C13H15BrN2S. The van der Waals surface area contributed by atoms with Gasteiger partial charge in [0.25, 0.3) is 0 Å². The van der Waals surface area contributed by atoms with Gasteiger partial charge in [0, 0.05) is 9.35 Å². The molecule has 90 valence electrons. The van der Waals surface area contributed by atoms with E-state index in [4.69, 9.17) is 5.84 Å². The third-order valence-corrected chi connectivity index (χ3v) is 4.75. The van der Waals surface area contributed by atoms with Gasteiger partial charge in [0.15, 0.2) is 0 Å². The molecule has 4 heteroatoms. The maximum Gasteiger partial charge on any atom is 0.0729 e. The topological polar surface area (TPSA) is 38.0 Å². The van der Waals surface area contributed by atoms with E-state index in [1.165, 1.54) is 21.6 Å². The largest absolute Gasteiger partial charge is 0.271 e. The first-order valence-electron chi connectivity index (χ1n) is 5.39. The molecule has 1 unspecified atom stereocenters. The molecule has 0 aliphatic heterocycles. The lowest BCUT2D eigenvalue weighted by atomic mass is 10.00. The molecule has 1 atom stereocenters. The van der Waals surface area contributed by atoms with E-state index in [0.717, 1.165) is 4.47 Å². The van der Waals surface area contributed by atoms with Gasteiger partial charge in [0.1, 0.15) is 0 Å². The van der Waals surface area contributed by atoms with Crippen LogP contribution in [0.1, 0.15) is 27.6 Å². The second-order valence-electron chi connectivity index (χ2n) is 4.07. The number of aryl methyl sites for hydroxylation is 2. The van der Waals surface area contributed by atoms with Crippen molar-refractivity contribution >= 4 is 27.3 Å². The van der Waals surface area contributed by atoms with Crippen molar-refractivity contribution in [2.75, 3.05) is 0 Å². The molecule has 0 fully saturated rings. The van der Waals surface area contributed by atoms with E-state index in [9.17, 15) is 0 Å². The summed E-state index contributed by atoms with van der Waals surface area (Å²) in [5.74, 6) is 5.70. The van der Waals surface area contributed by atoms with Crippen LogP contribution < -0.4 is 11.3 Å². The molecule has 1 aromatic heterocycles. The Morgan fingerprint density at radius 1 is 1.35 bits per heavy atom. The molecule has 0 amide bonds. The molecule has 0 bridgehead atoms. The van der Waals surface area contributed by atoms with Gasteiger partial charge in [-0.25, -0.2) is 5.43 Å². The normalized spacial score (nSPS) is 12.7. The van der Waals surface area contributed by atoms with E-state index in [-0.39, 0.29) is 6.04 Å². The zero-order valence-corrected chi connectivity index (χ0v) is 12.2. The van der Waals surface area contributed by atoms with Gasteiger partial charge in [-0.15, -0.1) is 11.3 Å². The second kappa shape index (κ2) is 5.31. The molecular weight excluding hydrogens is 296 g/mol. The van der Waals surface area contributed by atoms with E-state index in [1.54, 1.807) is 11.3 Å². The zero-order valence-electron chi connectivity index (χ0n) is 9.83. The van der Waals surface area contributed by atoms with Crippen molar-refractivity contribution in [1.29, 1.82) is 0 Å². The van der Waals surface area contributed by atoms with Crippen molar-refractivity contribution in [3.8, 4) is 0 Å². The second-order valence-corrected chi connectivity index (χ2v) is 5.98. The SMILES string of the molecule is Cc1cc(C(NN)c2cccc(C)c2Br)cs1. The van der Waals surface area contributed by atoms with Crippen molar-refractivity contribution in [2.24, 2.45) is 5.84 Å². The number of thiophene rings is 1. The van der Waals surface area contributed by atoms with Gasteiger partial charge in [-0.2, -0.15) is 0 Å². The number of rotatable bonds is 3. The summed E-state index contributed by atoms with van der Waals surface area (Å²) in [7, 11) is 0. The molecule has 1 heterocycles. The Morgan fingerprint density at radius 3 is 2.71 bits per heavy atom. The number of nitrogens with one attached hydrogen (secondary N) is 1. The molecule has 2 nitrogen and oxygen atoms in total. The van der Waals surface area contributed by atoms with Crippen molar-refractivity contribution in [1.82, 2.24) is 5.43 Å². The van der Waals surface area contributed by atoms with Crippen LogP contribution in [0.15, 0.2) is 34.1 Å². The monoisotopic (exact) mass is 310 g/mol. The van der Waals surface area contributed by atoms with E-state index in [1.807, 2.05) is 0 Å². The fourth-order valence-electron chi connectivity index (χ4n) is 1.87. The third kappa shape index (κ3) is 2.60. The molecule has 0 aliphatic rings. The van der Waals surface area contributed by atoms with Crippen LogP contribution in [0.4, 0.5) is 0 Å². The van der Waals surface area contributed by atoms with Crippen molar-refractivity contribution in [3.63, 3.8) is 0 Å². The summed E-state index contributed by atoms with van der Waals surface area (Å²) >= 11 is 5.38. The zero-order chi connectivity index (χ0) is 12.4. The van der Waals surface area contributed by atoms with E-state index in [0.29, 0.717) is 0 Å². The first-order chi connectivity index (χ1) is 8.13. The summed E-state index contributed by atoms with van der Waals surface area (Å²) in [4.78, 5) is 1.30. The first-order valence-corrected chi connectivity index (χ1v) is 7.07. The summed E-state index contributed by atoms with van der Waals surface area (Å²) in [6, 6.07) is 8.44. The fourth-order valence-corrected chi connectivity index (χ4v) is 3.10. The quantitative estimate of drug-likeness (QED) is 0.670. The highest BCUT2D eigenvalue weighted by atomic mass is 79.9. The maximum atomic E-state index is 5.70. The Kier molecular flexibility index (Phi) is 3.99. The van der Waals surface area contributed by atoms with Crippen LogP contribution in [0.5, 0.6) is 0 Å².